The molecule has 0 bridgehead atoms. The van der Waals surface area contributed by atoms with E-state index in [9.17, 15) is 22.8 Å². The van der Waals surface area contributed by atoms with Crippen molar-refractivity contribution >= 4 is 11.8 Å². The second kappa shape index (κ2) is 6.95. The first-order chi connectivity index (χ1) is 9.30. The first kappa shape index (κ1) is 16.8. The number of nitrogens with one attached hydrogen (secondary N) is 1. The summed E-state index contributed by atoms with van der Waals surface area (Å²) in [7, 11) is 0. The molecule has 0 radical (unpaired) electrons. The molecule has 2 amide bonds. The second-order valence-electron chi connectivity index (χ2n) is 5.02. The van der Waals surface area contributed by atoms with Gasteiger partial charge >= 0.3 is 6.18 Å². The molecule has 116 valence electrons. The molecular formula is C13H21F3N2O2. The molecule has 1 N–H and O–H groups in total. The minimum absolute atomic E-state index is 0.0233. The van der Waals surface area contributed by atoms with Crippen LogP contribution in [0.25, 0.3) is 0 Å². The van der Waals surface area contributed by atoms with E-state index in [4.69, 9.17) is 0 Å². The van der Waals surface area contributed by atoms with Crippen molar-refractivity contribution in [3.8, 4) is 0 Å². The first-order valence-corrected chi connectivity index (χ1v) is 6.97. The van der Waals surface area contributed by atoms with E-state index in [1.165, 1.54) is 4.90 Å². The van der Waals surface area contributed by atoms with Crippen molar-refractivity contribution in [2.45, 2.75) is 64.2 Å². The standard InChI is InChI=1S/C13H21F3N2O2/c1-3-6-9-12(20)18(8-5-7-13(14,15)16)10(4-2)11(19)17-9/h9-10H,3-8H2,1-2H3,(H,17,19). The van der Waals surface area contributed by atoms with Crippen LogP contribution in [0.5, 0.6) is 0 Å². The number of alkyl halides is 3. The van der Waals surface area contributed by atoms with Crippen LogP contribution in [0.4, 0.5) is 13.2 Å². The van der Waals surface area contributed by atoms with Gasteiger partial charge in [0.2, 0.25) is 11.8 Å². The fourth-order valence-electron chi connectivity index (χ4n) is 2.43. The molecular weight excluding hydrogens is 273 g/mol. The Kier molecular flexibility index (Phi) is 5.83. The van der Waals surface area contributed by atoms with Gasteiger partial charge in [0.05, 0.1) is 0 Å². The summed E-state index contributed by atoms with van der Waals surface area (Å²) in [5.74, 6) is -0.530. The predicted molar refractivity (Wildman–Crippen MR) is 67.9 cm³/mol. The number of hydrogen-bond donors (Lipinski definition) is 1. The molecule has 1 fully saturated rings. The second-order valence-corrected chi connectivity index (χ2v) is 5.02. The topological polar surface area (TPSA) is 49.4 Å². The molecule has 2 unspecified atom stereocenters. The lowest BCUT2D eigenvalue weighted by atomic mass is 10.0. The van der Waals surface area contributed by atoms with E-state index in [0.717, 1.165) is 6.42 Å². The van der Waals surface area contributed by atoms with Gasteiger partial charge in [0.25, 0.3) is 0 Å². The Morgan fingerprint density at radius 2 is 1.90 bits per heavy atom. The third-order valence-corrected chi connectivity index (χ3v) is 3.40. The van der Waals surface area contributed by atoms with Gasteiger partial charge in [-0.05, 0) is 19.3 Å². The minimum Gasteiger partial charge on any atom is -0.343 e. The highest BCUT2D eigenvalue weighted by molar-refractivity contribution is 5.96. The molecule has 1 saturated heterocycles. The summed E-state index contributed by atoms with van der Waals surface area (Å²) in [6.45, 7) is 3.61. The number of piperazine rings is 1. The molecule has 0 aromatic rings. The van der Waals surface area contributed by atoms with Crippen molar-refractivity contribution in [2.24, 2.45) is 0 Å². The zero-order chi connectivity index (χ0) is 15.3. The lowest BCUT2D eigenvalue weighted by molar-refractivity contribution is -0.152. The Morgan fingerprint density at radius 3 is 2.40 bits per heavy atom. The van der Waals surface area contributed by atoms with E-state index in [1.807, 2.05) is 6.92 Å². The molecule has 0 aliphatic carbocycles. The quantitative estimate of drug-likeness (QED) is 0.816. The Hall–Kier alpha value is -1.27. The predicted octanol–water partition coefficient (Wildman–Crippen LogP) is 2.23. The highest BCUT2D eigenvalue weighted by atomic mass is 19.4. The number of carbonyl (C=O) groups is 2. The summed E-state index contributed by atoms with van der Waals surface area (Å²) in [4.78, 5) is 25.4. The average molecular weight is 294 g/mol. The van der Waals surface area contributed by atoms with E-state index in [2.05, 4.69) is 5.32 Å². The summed E-state index contributed by atoms with van der Waals surface area (Å²) in [6.07, 6.45) is -3.69. The zero-order valence-electron chi connectivity index (χ0n) is 11.8. The fraction of sp³-hybridized carbons (Fsp3) is 0.846. The minimum atomic E-state index is -4.23. The van der Waals surface area contributed by atoms with Crippen LogP contribution in [0.15, 0.2) is 0 Å². The number of nitrogens with zero attached hydrogens (tertiary/aromatic N) is 1. The van der Waals surface area contributed by atoms with E-state index in [0.29, 0.717) is 12.8 Å². The number of carbonyl (C=O) groups excluding carboxylic acids is 2. The molecule has 1 heterocycles. The van der Waals surface area contributed by atoms with Crippen LogP contribution in [-0.4, -0.2) is 41.5 Å². The van der Waals surface area contributed by atoms with Crippen molar-refractivity contribution in [1.29, 1.82) is 0 Å². The maximum Gasteiger partial charge on any atom is 0.389 e. The molecule has 0 aromatic heterocycles. The van der Waals surface area contributed by atoms with E-state index in [1.54, 1.807) is 6.92 Å². The highest BCUT2D eigenvalue weighted by Gasteiger charge is 2.39. The van der Waals surface area contributed by atoms with Crippen molar-refractivity contribution in [3.63, 3.8) is 0 Å². The lowest BCUT2D eigenvalue weighted by Gasteiger charge is -2.38. The maximum atomic E-state index is 12.2. The third-order valence-electron chi connectivity index (χ3n) is 3.40. The Labute approximate surface area is 116 Å². The average Bonchev–Trinajstić information content (AvgIpc) is 2.34. The molecule has 1 aliphatic rings. The largest absolute Gasteiger partial charge is 0.389 e. The summed E-state index contributed by atoms with van der Waals surface area (Å²) in [5.41, 5.74) is 0. The van der Waals surface area contributed by atoms with Gasteiger partial charge in [-0.2, -0.15) is 13.2 Å². The van der Waals surface area contributed by atoms with Gasteiger partial charge in [0, 0.05) is 13.0 Å². The molecule has 0 spiro atoms. The van der Waals surface area contributed by atoms with Gasteiger partial charge in [0.1, 0.15) is 12.1 Å². The number of rotatable bonds is 6. The van der Waals surface area contributed by atoms with Gasteiger partial charge in [-0.15, -0.1) is 0 Å². The molecule has 1 rings (SSSR count). The van der Waals surface area contributed by atoms with Crippen molar-refractivity contribution in [3.05, 3.63) is 0 Å². The smallest absolute Gasteiger partial charge is 0.343 e. The Balaban J connectivity index is 2.70. The normalized spacial score (nSPS) is 23.9. The van der Waals surface area contributed by atoms with Gasteiger partial charge < -0.3 is 10.2 Å². The van der Waals surface area contributed by atoms with Crippen LogP contribution >= 0.6 is 0 Å². The van der Waals surface area contributed by atoms with Gasteiger partial charge in [-0.25, -0.2) is 0 Å². The molecule has 0 aromatic carbocycles. The van der Waals surface area contributed by atoms with Crippen molar-refractivity contribution in [2.75, 3.05) is 6.54 Å². The van der Waals surface area contributed by atoms with Gasteiger partial charge in [0.15, 0.2) is 0 Å². The Morgan fingerprint density at radius 1 is 1.25 bits per heavy atom. The molecule has 7 heteroatoms. The van der Waals surface area contributed by atoms with Crippen LogP contribution in [-0.2, 0) is 9.59 Å². The van der Waals surface area contributed by atoms with Crippen LogP contribution < -0.4 is 5.32 Å². The maximum absolute atomic E-state index is 12.2. The fourth-order valence-corrected chi connectivity index (χ4v) is 2.43. The van der Waals surface area contributed by atoms with Crippen LogP contribution in [0.1, 0.15) is 46.0 Å². The van der Waals surface area contributed by atoms with E-state index >= 15 is 0 Å². The SMILES string of the molecule is CCCC1NC(=O)C(CC)N(CCCC(F)(F)F)C1=O. The third kappa shape index (κ3) is 4.38. The molecule has 1 aliphatic heterocycles. The van der Waals surface area contributed by atoms with Crippen molar-refractivity contribution < 1.29 is 22.8 Å². The van der Waals surface area contributed by atoms with Gasteiger partial charge in [-0.3, -0.25) is 9.59 Å². The highest BCUT2D eigenvalue weighted by Crippen LogP contribution is 2.23. The summed E-state index contributed by atoms with van der Waals surface area (Å²) < 4.78 is 36.5. The Bertz CT molecular complexity index is 358. The lowest BCUT2D eigenvalue weighted by Crippen LogP contribution is -2.63. The zero-order valence-corrected chi connectivity index (χ0v) is 11.8. The monoisotopic (exact) mass is 294 g/mol. The van der Waals surface area contributed by atoms with Gasteiger partial charge in [-0.1, -0.05) is 20.3 Å². The summed E-state index contributed by atoms with van der Waals surface area (Å²) >= 11 is 0. The van der Waals surface area contributed by atoms with E-state index < -0.39 is 24.7 Å². The number of halogens is 3. The number of amides is 2. The van der Waals surface area contributed by atoms with Crippen LogP contribution in [0, 0.1) is 0 Å². The molecule has 4 nitrogen and oxygen atoms in total. The van der Waals surface area contributed by atoms with E-state index in [-0.39, 0.29) is 24.8 Å². The summed E-state index contributed by atoms with van der Waals surface area (Å²) in [5, 5.41) is 2.65. The molecule has 20 heavy (non-hydrogen) atoms. The number of hydrogen-bond acceptors (Lipinski definition) is 2. The summed E-state index contributed by atoms with van der Waals surface area (Å²) in [6, 6.07) is -1.25. The molecule has 0 saturated carbocycles. The van der Waals surface area contributed by atoms with Crippen LogP contribution in [0.3, 0.4) is 0 Å². The van der Waals surface area contributed by atoms with Crippen molar-refractivity contribution in [1.82, 2.24) is 10.2 Å². The van der Waals surface area contributed by atoms with Crippen LogP contribution in [0.2, 0.25) is 0 Å². The first-order valence-electron chi connectivity index (χ1n) is 6.97. The molecule has 2 atom stereocenters.